The van der Waals surface area contributed by atoms with Gasteiger partial charge in [-0.3, -0.25) is 0 Å². The summed E-state index contributed by atoms with van der Waals surface area (Å²) in [6.45, 7) is 2.06. The third-order valence-electron chi connectivity index (χ3n) is 3.25. The molecule has 0 saturated carbocycles. The van der Waals surface area contributed by atoms with Crippen molar-refractivity contribution in [2.45, 2.75) is 13.0 Å². The molecule has 0 spiro atoms. The number of rotatable bonds is 4. The lowest BCUT2D eigenvalue weighted by atomic mass is 10.1. The van der Waals surface area contributed by atoms with E-state index in [9.17, 15) is 5.11 Å². The van der Waals surface area contributed by atoms with Crippen molar-refractivity contribution in [3.63, 3.8) is 0 Å². The van der Waals surface area contributed by atoms with Gasteiger partial charge in [-0.1, -0.05) is 30.3 Å². The van der Waals surface area contributed by atoms with Crippen LogP contribution in [0.3, 0.4) is 0 Å². The van der Waals surface area contributed by atoms with Crippen molar-refractivity contribution in [3.8, 4) is 0 Å². The first-order valence-electron chi connectivity index (χ1n) is 6.40. The minimum atomic E-state index is -0.173. The topological polar surface area (TPSA) is 58.0 Å². The van der Waals surface area contributed by atoms with Gasteiger partial charge in [0.15, 0.2) is 0 Å². The molecule has 0 aliphatic rings. The highest BCUT2D eigenvalue weighted by Crippen LogP contribution is 2.30. The summed E-state index contributed by atoms with van der Waals surface area (Å²) in [4.78, 5) is 9.56. The molecule has 0 aliphatic heterocycles. The maximum atomic E-state index is 9.63. The van der Waals surface area contributed by atoms with E-state index in [0.717, 1.165) is 27.2 Å². The molecule has 102 valence electrons. The van der Waals surface area contributed by atoms with E-state index in [-0.39, 0.29) is 12.6 Å². The number of thiophene rings is 1. The minimum Gasteiger partial charge on any atom is -0.394 e. The lowest BCUT2D eigenvalue weighted by Crippen LogP contribution is -2.15. The van der Waals surface area contributed by atoms with Gasteiger partial charge in [0.25, 0.3) is 0 Å². The zero-order valence-electron chi connectivity index (χ0n) is 11.1. The largest absolute Gasteiger partial charge is 0.394 e. The van der Waals surface area contributed by atoms with Crippen molar-refractivity contribution in [2.24, 2.45) is 0 Å². The summed E-state index contributed by atoms with van der Waals surface area (Å²) < 4.78 is 0. The van der Waals surface area contributed by atoms with E-state index in [1.165, 1.54) is 0 Å². The molecule has 0 saturated heterocycles. The second-order valence-electron chi connectivity index (χ2n) is 4.61. The Morgan fingerprint density at radius 2 is 2.05 bits per heavy atom. The normalized spacial score (nSPS) is 12.5. The van der Waals surface area contributed by atoms with Gasteiger partial charge in [0.2, 0.25) is 0 Å². The Bertz CT molecular complexity index is 711. The zero-order valence-corrected chi connectivity index (χ0v) is 11.9. The van der Waals surface area contributed by atoms with Crippen molar-refractivity contribution in [2.75, 3.05) is 11.9 Å². The van der Waals surface area contributed by atoms with Gasteiger partial charge in [-0.25, -0.2) is 9.97 Å². The first-order valence-corrected chi connectivity index (χ1v) is 7.28. The monoisotopic (exact) mass is 285 g/mol. The number of hydrogen-bond acceptors (Lipinski definition) is 5. The number of fused-ring (bicyclic) bond motifs is 1. The second kappa shape index (κ2) is 5.56. The molecule has 5 heteroatoms. The molecule has 1 unspecified atom stereocenters. The van der Waals surface area contributed by atoms with Gasteiger partial charge in [0.1, 0.15) is 17.0 Å². The fourth-order valence-electron chi connectivity index (χ4n) is 2.21. The fourth-order valence-corrected chi connectivity index (χ4v) is 3.10. The van der Waals surface area contributed by atoms with Crippen LogP contribution in [0.1, 0.15) is 17.2 Å². The molecule has 0 bridgehead atoms. The van der Waals surface area contributed by atoms with Gasteiger partial charge < -0.3 is 10.4 Å². The van der Waals surface area contributed by atoms with E-state index in [4.69, 9.17) is 0 Å². The molecule has 0 amide bonds. The van der Waals surface area contributed by atoms with E-state index in [1.54, 1.807) is 17.7 Å². The maximum absolute atomic E-state index is 9.63. The highest BCUT2D eigenvalue weighted by Gasteiger charge is 2.14. The summed E-state index contributed by atoms with van der Waals surface area (Å²) in [5.74, 6) is 0.775. The van der Waals surface area contributed by atoms with Crippen LogP contribution in [0.25, 0.3) is 10.2 Å². The zero-order chi connectivity index (χ0) is 13.9. The quantitative estimate of drug-likeness (QED) is 0.773. The highest BCUT2D eigenvalue weighted by molar-refractivity contribution is 7.17. The van der Waals surface area contributed by atoms with E-state index >= 15 is 0 Å². The lowest BCUT2D eigenvalue weighted by Gasteiger charge is -2.18. The van der Waals surface area contributed by atoms with Crippen LogP contribution >= 0.6 is 11.3 Å². The Balaban J connectivity index is 1.98. The van der Waals surface area contributed by atoms with Crippen molar-refractivity contribution in [1.29, 1.82) is 0 Å². The Morgan fingerprint density at radius 1 is 1.25 bits per heavy atom. The van der Waals surface area contributed by atoms with Crippen LogP contribution in [0, 0.1) is 6.92 Å². The third kappa shape index (κ3) is 2.37. The molecule has 2 aromatic heterocycles. The maximum Gasteiger partial charge on any atom is 0.139 e. The predicted octanol–water partition coefficient (Wildman–Crippen LogP) is 3.15. The summed E-state index contributed by atoms with van der Waals surface area (Å²) in [6.07, 6.45) is 1.56. The van der Waals surface area contributed by atoms with E-state index in [1.807, 2.05) is 37.3 Å². The van der Waals surface area contributed by atoms with E-state index in [2.05, 4.69) is 20.7 Å². The number of aliphatic hydroxyl groups excluding tert-OH is 1. The molecule has 4 nitrogen and oxygen atoms in total. The van der Waals surface area contributed by atoms with E-state index < -0.39 is 0 Å². The number of aryl methyl sites for hydroxylation is 1. The fraction of sp³-hybridized carbons (Fsp3) is 0.200. The summed E-state index contributed by atoms with van der Waals surface area (Å²) in [5, 5.41) is 16.1. The molecule has 1 atom stereocenters. The van der Waals surface area contributed by atoms with Gasteiger partial charge in [-0.05, 0) is 23.4 Å². The molecule has 1 aromatic carbocycles. The Hall–Kier alpha value is -1.98. The van der Waals surface area contributed by atoms with Crippen LogP contribution in [0.4, 0.5) is 5.82 Å². The number of hydrogen-bond donors (Lipinski definition) is 2. The number of anilines is 1. The molecule has 0 radical (unpaired) electrons. The Labute approximate surface area is 121 Å². The Morgan fingerprint density at radius 3 is 2.80 bits per heavy atom. The van der Waals surface area contributed by atoms with Crippen molar-refractivity contribution in [1.82, 2.24) is 9.97 Å². The first-order chi connectivity index (χ1) is 9.79. The van der Waals surface area contributed by atoms with Crippen LogP contribution in [0.15, 0.2) is 42.0 Å². The summed E-state index contributed by atoms with van der Waals surface area (Å²) in [6, 6.07) is 9.70. The van der Waals surface area contributed by atoms with Crippen LogP contribution in [-0.2, 0) is 0 Å². The third-order valence-corrected chi connectivity index (χ3v) is 4.25. The molecule has 3 rings (SSSR count). The molecule has 20 heavy (non-hydrogen) atoms. The van der Waals surface area contributed by atoms with Crippen LogP contribution < -0.4 is 5.32 Å². The number of nitrogens with zero attached hydrogens (tertiary/aromatic N) is 2. The molecule has 0 fully saturated rings. The lowest BCUT2D eigenvalue weighted by molar-refractivity contribution is 0.276. The van der Waals surface area contributed by atoms with Gasteiger partial charge in [0, 0.05) is 0 Å². The number of benzene rings is 1. The SMILES string of the molecule is Cc1csc2ncnc(NC(CO)c3ccccc3)c12. The van der Waals surface area contributed by atoms with Crippen molar-refractivity contribution >= 4 is 27.4 Å². The smallest absolute Gasteiger partial charge is 0.139 e. The second-order valence-corrected chi connectivity index (χ2v) is 5.47. The molecule has 3 aromatic rings. The predicted molar refractivity (Wildman–Crippen MR) is 82.0 cm³/mol. The van der Waals surface area contributed by atoms with E-state index in [0.29, 0.717) is 0 Å². The number of aromatic nitrogens is 2. The standard InChI is InChI=1S/C15H15N3OS/c1-10-8-20-15-13(10)14(16-9-17-15)18-12(7-19)11-5-3-2-4-6-11/h2-6,8-9,12,19H,7H2,1H3,(H,16,17,18). The van der Waals surface area contributed by atoms with Crippen LogP contribution in [0.2, 0.25) is 0 Å². The van der Waals surface area contributed by atoms with Crippen LogP contribution in [0.5, 0.6) is 0 Å². The molecular weight excluding hydrogens is 270 g/mol. The van der Waals surface area contributed by atoms with Crippen molar-refractivity contribution < 1.29 is 5.11 Å². The highest BCUT2D eigenvalue weighted by atomic mass is 32.1. The van der Waals surface area contributed by atoms with Crippen LogP contribution in [-0.4, -0.2) is 21.7 Å². The van der Waals surface area contributed by atoms with Gasteiger partial charge in [-0.15, -0.1) is 11.3 Å². The summed E-state index contributed by atoms with van der Waals surface area (Å²) in [5.41, 5.74) is 2.19. The Kier molecular flexibility index (Phi) is 3.62. The van der Waals surface area contributed by atoms with Gasteiger partial charge >= 0.3 is 0 Å². The molecular formula is C15H15N3OS. The van der Waals surface area contributed by atoms with Gasteiger partial charge in [-0.2, -0.15) is 0 Å². The summed E-state index contributed by atoms with van der Waals surface area (Å²) in [7, 11) is 0. The molecule has 2 heterocycles. The van der Waals surface area contributed by atoms with Crippen molar-refractivity contribution in [3.05, 3.63) is 53.2 Å². The minimum absolute atomic E-state index is 0.0126. The molecule has 0 aliphatic carbocycles. The summed E-state index contributed by atoms with van der Waals surface area (Å²) >= 11 is 1.60. The average molecular weight is 285 g/mol. The van der Waals surface area contributed by atoms with Gasteiger partial charge in [0.05, 0.1) is 18.0 Å². The molecule has 2 N–H and O–H groups in total. The first kappa shape index (κ1) is 13.0. The number of nitrogens with one attached hydrogen (secondary N) is 1. The number of aliphatic hydroxyl groups is 1. The average Bonchev–Trinajstić information content (AvgIpc) is 2.88.